The summed E-state index contributed by atoms with van der Waals surface area (Å²) in [7, 11) is 0. The number of oxazole rings is 1. The van der Waals surface area contributed by atoms with Gasteiger partial charge in [-0.1, -0.05) is 29.3 Å². The van der Waals surface area contributed by atoms with Crippen molar-refractivity contribution in [1.29, 1.82) is 0 Å². The topological polar surface area (TPSA) is 55.1 Å². The largest absolute Gasteiger partial charge is 0.446 e. The van der Waals surface area contributed by atoms with E-state index in [4.69, 9.17) is 27.6 Å². The molecule has 1 aliphatic carbocycles. The van der Waals surface area contributed by atoms with Gasteiger partial charge in [-0.15, -0.1) is 0 Å². The fraction of sp³-hybridized carbons (Fsp3) is 0.375. The summed E-state index contributed by atoms with van der Waals surface area (Å²) in [4.78, 5) is 15.8. The Hall–Kier alpha value is -1.52. The number of nitrogens with one attached hydrogen (secondary N) is 1. The number of amides is 1. The van der Waals surface area contributed by atoms with Crippen LogP contribution < -0.4 is 5.32 Å². The summed E-state index contributed by atoms with van der Waals surface area (Å²) in [6, 6.07) is 5.58. The number of halogens is 2. The highest BCUT2D eigenvalue weighted by atomic mass is 35.5. The van der Waals surface area contributed by atoms with Gasteiger partial charge in [0.1, 0.15) is 5.76 Å². The van der Waals surface area contributed by atoms with Crippen molar-refractivity contribution in [2.24, 2.45) is 5.92 Å². The highest BCUT2D eigenvalue weighted by Gasteiger charge is 2.39. The molecule has 4 nitrogen and oxygen atoms in total. The second kappa shape index (κ2) is 6.31. The molecule has 0 unspecified atom stereocenters. The van der Waals surface area contributed by atoms with E-state index in [0.717, 1.165) is 12.0 Å². The quantitative estimate of drug-likeness (QED) is 0.903. The van der Waals surface area contributed by atoms with Crippen LogP contribution in [0.4, 0.5) is 0 Å². The molecule has 0 spiro atoms. The van der Waals surface area contributed by atoms with Crippen LogP contribution in [-0.4, -0.2) is 17.4 Å². The molecule has 1 fully saturated rings. The molecule has 6 heteroatoms. The first-order chi connectivity index (χ1) is 10.5. The first-order valence-electron chi connectivity index (χ1n) is 7.16. The minimum absolute atomic E-state index is 0.0518. The summed E-state index contributed by atoms with van der Waals surface area (Å²) in [5, 5.41) is 4.28. The Bertz CT molecular complexity index is 699. The molecule has 1 N–H and O–H groups in total. The van der Waals surface area contributed by atoms with Gasteiger partial charge in [-0.3, -0.25) is 4.79 Å². The number of benzene rings is 1. The summed E-state index contributed by atoms with van der Waals surface area (Å²) in [6.07, 6.45) is 2.84. The van der Waals surface area contributed by atoms with Crippen LogP contribution in [0, 0.1) is 12.8 Å². The van der Waals surface area contributed by atoms with Crippen LogP contribution in [0.5, 0.6) is 0 Å². The third-order valence-corrected chi connectivity index (χ3v) is 4.41. The maximum Gasteiger partial charge on any atom is 0.227 e. The van der Waals surface area contributed by atoms with Gasteiger partial charge >= 0.3 is 0 Å². The number of hydrogen-bond acceptors (Lipinski definition) is 3. The molecule has 0 aliphatic heterocycles. The molecule has 2 atom stereocenters. The molecule has 3 rings (SSSR count). The maximum atomic E-state index is 11.9. The van der Waals surface area contributed by atoms with Gasteiger partial charge in [-0.05, 0) is 36.0 Å². The molecular weight excluding hydrogens is 323 g/mol. The highest BCUT2D eigenvalue weighted by Crippen LogP contribution is 2.49. The number of rotatable bonds is 5. The van der Waals surface area contributed by atoms with Gasteiger partial charge in [0.2, 0.25) is 5.91 Å². The Labute approximate surface area is 138 Å². The number of aromatic nitrogens is 1. The zero-order valence-corrected chi connectivity index (χ0v) is 13.6. The first-order valence-corrected chi connectivity index (χ1v) is 7.91. The Morgan fingerprint density at radius 3 is 2.95 bits per heavy atom. The van der Waals surface area contributed by atoms with Crippen molar-refractivity contribution < 1.29 is 9.21 Å². The molecular formula is C16H16Cl2N2O2. The molecule has 1 amide bonds. The second-order valence-electron chi connectivity index (χ2n) is 5.59. The Kier molecular flexibility index (Phi) is 4.41. The summed E-state index contributed by atoms with van der Waals surface area (Å²) in [5.74, 6) is 1.94. The predicted molar refractivity (Wildman–Crippen MR) is 85.3 cm³/mol. The fourth-order valence-electron chi connectivity index (χ4n) is 2.61. The van der Waals surface area contributed by atoms with Crippen molar-refractivity contribution in [3.63, 3.8) is 0 Å². The Morgan fingerprint density at radius 1 is 1.45 bits per heavy atom. The van der Waals surface area contributed by atoms with Gasteiger partial charge in [0, 0.05) is 23.5 Å². The lowest BCUT2D eigenvalue weighted by atomic mass is 10.1. The van der Waals surface area contributed by atoms with Crippen molar-refractivity contribution in [2.45, 2.75) is 25.7 Å². The van der Waals surface area contributed by atoms with Crippen LogP contribution in [0.3, 0.4) is 0 Å². The summed E-state index contributed by atoms with van der Waals surface area (Å²) < 4.78 is 5.29. The van der Waals surface area contributed by atoms with Crippen molar-refractivity contribution in [1.82, 2.24) is 10.3 Å². The Balaban J connectivity index is 1.48. The predicted octanol–water partition coefficient (Wildman–Crippen LogP) is 3.75. The lowest BCUT2D eigenvalue weighted by molar-refractivity contribution is -0.120. The lowest BCUT2D eigenvalue weighted by Gasteiger charge is -2.06. The Morgan fingerprint density at radius 2 is 2.27 bits per heavy atom. The molecule has 22 heavy (non-hydrogen) atoms. The zero-order chi connectivity index (χ0) is 15.7. The number of aryl methyl sites for hydroxylation is 1. The normalized spacial score (nSPS) is 20.0. The molecule has 0 bridgehead atoms. The maximum absolute atomic E-state index is 11.9. The zero-order valence-electron chi connectivity index (χ0n) is 12.1. The third-order valence-electron chi connectivity index (χ3n) is 3.85. The standard InChI is InChI=1S/C16H16Cl2N2O2/c1-9-19-8-12(22-9)6-16(21)20-7-10-4-14(10)13-3-2-11(17)5-15(13)18/h2-3,5,8,10,14H,4,6-7H2,1H3,(H,20,21)/t10-,14+/m0/s1. The fourth-order valence-corrected chi connectivity index (χ4v) is 3.16. The van der Waals surface area contributed by atoms with E-state index in [-0.39, 0.29) is 12.3 Å². The number of carbonyl (C=O) groups excluding carboxylic acids is 1. The van der Waals surface area contributed by atoms with E-state index in [1.807, 2.05) is 12.1 Å². The molecule has 1 aromatic carbocycles. The molecule has 1 saturated carbocycles. The van der Waals surface area contributed by atoms with E-state index in [2.05, 4.69) is 10.3 Å². The SMILES string of the molecule is Cc1ncc(CC(=O)NC[C@@H]2C[C@H]2c2ccc(Cl)cc2Cl)o1. The minimum Gasteiger partial charge on any atom is -0.446 e. The molecule has 1 aromatic heterocycles. The number of nitrogens with zero attached hydrogens (tertiary/aromatic N) is 1. The summed E-state index contributed by atoms with van der Waals surface area (Å²) in [6.45, 7) is 2.40. The van der Waals surface area contributed by atoms with E-state index in [0.29, 0.717) is 40.1 Å². The summed E-state index contributed by atoms with van der Waals surface area (Å²) >= 11 is 12.1. The first kappa shape index (κ1) is 15.4. The molecule has 2 aromatic rings. The van der Waals surface area contributed by atoms with Crippen LogP contribution in [0.25, 0.3) is 0 Å². The smallest absolute Gasteiger partial charge is 0.227 e. The van der Waals surface area contributed by atoms with E-state index in [9.17, 15) is 4.79 Å². The lowest BCUT2D eigenvalue weighted by Crippen LogP contribution is -2.27. The molecule has 0 saturated heterocycles. The van der Waals surface area contributed by atoms with Gasteiger partial charge < -0.3 is 9.73 Å². The van der Waals surface area contributed by atoms with Crippen LogP contribution >= 0.6 is 23.2 Å². The number of carbonyl (C=O) groups is 1. The van der Waals surface area contributed by atoms with E-state index in [1.54, 1.807) is 19.2 Å². The van der Waals surface area contributed by atoms with Crippen LogP contribution in [-0.2, 0) is 11.2 Å². The molecule has 1 heterocycles. The van der Waals surface area contributed by atoms with Crippen LogP contribution in [0.15, 0.2) is 28.8 Å². The molecule has 116 valence electrons. The minimum atomic E-state index is -0.0518. The van der Waals surface area contributed by atoms with Gasteiger partial charge in [0.05, 0.1) is 12.6 Å². The van der Waals surface area contributed by atoms with E-state index in [1.165, 1.54) is 0 Å². The van der Waals surface area contributed by atoms with Crippen molar-refractivity contribution >= 4 is 29.1 Å². The van der Waals surface area contributed by atoms with E-state index < -0.39 is 0 Å². The number of hydrogen-bond donors (Lipinski definition) is 1. The van der Waals surface area contributed by atoms with Crippen LogP contribution in [0.1, 0.15) is 29.6 Å². The monoisotopic (exact) mass is 338 g/mol. The van der Waals surface area contributed by atoms with Gasteiger partial charge in [-0.2, -0.15) is 0 Å². The van der Waals surface area contributed by atoms with Gasteiger partial charge in [0.15, 0.2) is 5.89 Å². The van der Waals surface area contributed by atoms with Gasteiger partial charge in [-0.25, -0.2) is 4.98 Å². The van der Waals surface area contributed by atoms with Crippen molar-refractivity contribution in [3.8, 4) is 0 Å². The average molecular weight is 339 g/mol. The third kappa shape index (κ3) is 3.62. The van der Waals surface area contributed by atoms with Gasteiger partial charge in [0.25, 0.3) is 0 Å². The van der Waals surface area contributed by atoms with Crippen molar-refractivity contribution in [3.05, 3.63) is 51.7 Å². The van der Waals surface area contributed by atoms with E-state index >= 15 is 0 Å². The highest BCUT2D eigenvalue weighted by molar-refractivity contribution is 6.35. The average Bonchev–Trinajstić information content (AvgIpc) is 3.11. The second-order valence-corrected chi connectivity index (χ2v) is 6.44. The summed E-state index contributed by atoms with van der Waals surface area (Å²) in [5.41, 5.74) is 1.11. The van der Waals surface area contributed by atoms with Crippen LogP contribution in [0.2, 0.25) is 10.0 Å². The molecule has 1 aliphatic rings. The van der Waals surface area contributed by atoms with Crippen molar-refractivity contribution in [2.75, 3.05) is 6.54 Å². The molecule has 0 radical (unpaired) electrons.